The molecule has 0 aromatic carbocycles. The molecule has 0 bridgehead atoms. The molecule has 0 aromatic heterocycles. The normalized spacial score (nSPS) is 10.0. The first-order valence-corrected chi connectivity index (χ1v) is 4.15. The minimum atomic E-state index is 0.00509. The zero-order valence-electron chi connectivity index (χ0n) is 7.56. The molecule has 12 heavy (non-hydrogen) atoms. The number of carbonyl (C=O) groups is 1. The van der Waals surface area contributed by atoms with Gasteiger partial charge in [0.15, 0.2) is 0 Å². The number of nitrogens with zero attached hydrogens (tertiary/aromatic N) is 1. The van der Waals surface area contributed by atoms with E-state index in [2.05, 4.69) is 11.9 Å². The topological polar surface area (TPSA) is 32.3 Å². The zero-order chi connectivity index (χ0) is 9.56. The van der Waals surface area contributed by atoms with Crippen molar-refractivity contribution in [2.24, 2.45) is 0 Å². The van der Waals surface area contributed by atoms with E-state index in [9.17, 15) is 4.79 Å². The van der Waals surface area contributed by atoms with Crippen LogP contribution in [0.5, 0.6) is 0 Å². The summed E-state index contributed by atoms with van der Waals surface area (Å²) in [6, 6.07) is 0. The summed E-state index contributed by atoms with van der Waals surface area (Å²) in [6.07, 6.45) is 0.497. The quantitative estimate of drug-likeness (QED) is 0.696. The molecule has 0 aliphatic carbocycles. The van der Waals surface area contributed by atoms with Crippen molar-refractivity contribution < 1.29 is 4.79 Å². The Hall–Kier alpha value is -0.540. The lowest BCUT2D eigenvalue weighted by molar-refractivity contribution is -0.121. The van der Waals surface area contributed by atoms with Crippen LogP contribution in [0.1, 0.15) is 6.42 Å². The SMILES string of the molecule is C=C(Cl)CNC(=O)CCN(C)C. The predicted molar refractivity (Wildman–Crippen MR) is 51.2 cm³/mol. The van der Waals surface area contributed by atoms with Crippen LogP contribution in [-0.4, -0.2) is 38.0 Å². The Morgan fingerprint density at radius 1 is 1.58 bits per heavy atom. The number of rotatable bonds is 5. The number of hydrogen-bond donors (Lipinski definition) is 1. The second-order valence-electron chi connectivity index (χ2n) is 2.85. The molecule has 1 N–H and O–H groups in total. The van der Waals surface area contributed by atoms with Gasteiger partial charge in [-0.1, -0.05) is 18.2 Å². The van der Waals surface area contributed by atoms with Gasteiger partial charge < -0.3 is 10.2 Å². The van der Waals surface area contributed by atoms with E-state index < -0.39 is 0 Å². The summed E-state index contributed by atoms with van der Waals surface area (Å²) >= 11 is 5.46. The Labute approximate surface area is 78.4 Å². The van der Waals surface area contributed by atoms with Crippen LogP contribution in [0.2, 0.25) is 0 Å². The highest BCUT2D eigenvalue weighted by molar-refractivity contribution is 6.29. The molecule has 0 aliphatic heterocycles. The summed E-state index contributed by atoms with van der Waals surface area (Å²) < 4.78 is 0. The number of amides is 1. The van der Waals surface area contributed by atoms with E-state index in [1.165, 1.54) is 0 Å². The molecule has 0 heterocycles. The van der Waals surface area contributed by atoms with Crippen molar-refractivity contribution in [1.29, 1.82) is 0 Å². The smallest absolute Gasteiger partial charge is 0.221 e. The predicted octanol–water partition coefficient (Wildman–Crippen LogP) is 0.807. The van der Waals surface area contributed by atoms with Crippen molar-refractivity contribution in [3.05, 3.63) is 11.6 Å². The molecule has 3 nitrogen and oxygen atoms in total. The molecule has 0 spiro atoms. The largest absolute Gasteiger partial charge is 0.351 e. The van der Waals surface area contributed by atoms with Gasteiger partial charge in [-0.3, -0.25) is 4.79 Å². The van der Waals surface area contributed by atoms with Crippen LogP contribution in [0.25, 0.3) is 0 Å². The van der Waals surface area contributed by atoms with E-state index in [1.54, 1.807) is 0 Å². The molecule has 70 valence electrons. The van der Waals surface area contributed by atoms with E-state index in [0.29, 0.717) is 18.0 Å². The standard InChI is InChI=1S/C8H15ClN2O/c1-7(9)6-10-8(12)4-5-11(2)3/h1,4-6H2,2-3H3,(H,10,12). The van der Waals surface area contributed by atoms with Crippen LogP contribution in [0.3, 0.4) is 0 Å². The van der Waals surface area contributed by atoms with Crippen LogP contribution in [-0.2, 0) is 4.79 Å². The lowest BCUT2D eigenvalue weighted by Gasteiger charge is -2.08. The Kier molecular flexibility index (Phi) is 5.76. The van der Waals surface area contributed by atoms with Gasteiger partial charge in [0.05, 0.1) is 6.54 Å². The third kappa shape index (κ3) is 7.57. The summed E-state index contributed by atoms with van der Waals surface area (Å²) in [5.74, 6) is 0.00509. The van der Waals surface area contributed by atoms with E-state index in [0.717, 1.165) is 6.54 Å². The summed E-state index contributed by atoms with van der Waals surface area (Å²) in [5, 5.41) is 3.09. The zero-order valence-corrected chi connectivity index (χ0v) is 8.32. The second-order valence-corrected chi connectivity index (χ2v) is 3.38. The van der Waals surface area contributed by atoms with E-state index in [4.69, 9.17) is 11.6 Å². The highest BCUT2D eigenvalue weighted by atomic mass is 35.5. The highest BCUT2D eigenvalue weighted by Crippen LogP contribution is 1.92. The van der Waals surface area contributed by atoms with Crippen LogP contribution < -0.4 is 5.32 Å². The summed E-state index contributed by atoms with van der Waals surface area (Å²) in [5.41, 5.74) is 0. The first kappa shape index (κ1) is 11.5. The van der Waals surface area contributed by atoms with Gasteiger partial charge in [-0.15, -0.1) is 0 Å². The first-order chi connectivity index (χ1) is 5.52. The van der Waals surface area contributed by atoms with Crippen molar-refractivity contribution in [2.75, 3.05) is 27.2 Å². The van der Waals surface area contributed by atoms with Gasteiger partial charge in [0, 0.05) is 18.0 Å². The van der Waals surface area contributed by atoms with Crippen molar-refractivity contribution >= 4 is 17.5 Å². The monoisotopic (exact) mass is 190 g/mol. The molecular weight excluding hydrogens is 176 g/mol. The van der Waals surface area contributed by atoms with Crippen LogP contribution >= 0.6 is 11.6 Å². The maximum absolute atomic E-state index is 11.0. The second kappa shape index (κ2) is 6.03. The number of nitrogens with one attached hydrogen (secondary N) is 1. The van der Waals surface area contributed by atoms with Crippen LogP contribution in [0, 0.1) is 0 Å². The van der Waals surface area contributed by atoms with Gasteiger partial charge >= 0.3 is 0 Å². The summed E-state index contributed by atoms with van der Waals surface area (Å²) in [4.78, 5) is 13.0. The Balaban J connectivity index is 3.40. The fraction of sp³-hybridized carbons (Fsp3) is 0.625. The molecule has 0 fully saturated rings. The van der Waals surface area contributed by atoms with Gasteiger partial charge in [-0.25, -0.2) is 0 Å². The molecule has 0 unspecified atom stereocenters. The molecule has 0 radical (unpaired) electrons. The highest BCUT2D eigenvalue weighted by Gasteiger charge is 2.00. The third-order valence-corrected chi connectivity index (χ3v) is 1.40. The van der Waals surface area contributed by atoms with Crippen LogP contribution in [0.4, 0.5) is 0 Å². The minimum Gasteiger partial charge on any atom is -0.351 e. The molecule has 0 rings (SSSR count). The third-order valence-electron chi connectivity index (χ3n) is 1.26. The molecule has 0 aromatic rings. The van der Waals surface area contributed by atoms with Gasteiger partial charge in [-0.2, -0.15) is 0 Å². The molecule has 0 atom stereocenters. The number of carbonyl (C=O) groups excluding carboxylic acids is 1. The molecular formula is C8H15ClN2O. The molecule has 0 saturated heterocycles. The Morgan fingerprint density at radius 3 is 2.58 bits per heavy atom. The average Bonchev–Trinajstić information content (AvgIpc) is 1.96. The number of hydrogen-bond acceptors (Lipinski definition) is 2. The average molecular weight is 191 g/mol. The fourth-order valence-corrected chi connectivity index (χ4v) is 0.675. The van der Waals surface area contributed by atoms with Crippen molar-refractivity contribution in [2.45, 2.75) is 6.42 Å². The number of halogens is 1. The molecule has 0 aliphatic rings. The Morgan fingerprint density at radius 2 is 2.17 bits per heavy atom. The van der Waals surface area contributed by atoms with E-state index in [-0.39, 0.29) is 5.91 Å². The van der Waals surface area contributed by atoms with Gasteiger partial charge in [0.1, 0.15) is 0 Å². The van der Waals surface area contributed by atoms with Crippen molar-refractivity contribution in [3.63, 3.8) is 0 Å². The van der Waals surface area contributed by atoms with Crippen molar-refractivity contribution in [3.8, 4) is 0 Å². The minimum absolute atomic E-state index is 0.00509. The Bertz CT molecular complexity index is 168. The van der Waals surface area contributed by atoms with E-state index in [1.807, 2.05) is 19.0 Å². The van der Waals surface area contributed by atoms with Gasteiger partial charge in [0.2, 0.25) is 5.91 Å². The maximum atomic E-state index is 11.0. The van der Waals surface area contributed by atoms with Gasteiger partial charge in [0.25, 0.3) is 0 Å². The van der Waals surface area contributed by atoms with Crippen molar-refractivity contribution in [1.82, 2.24) is 10.2 Å². The molecule has 4 heteroatoms. The molecule has 1 amide bonds. The first-order valence-electron chi connectivity index (χ1n) is 3.77. The maximum Gasteiger partial charge on any atom is 0.221 e. The lowest BCUT2D eigenvalue weighted by Crippen LogP contribution is -2.28. The lowest BCUT2D eigenvalue weighted by atomic mass is 10.4. The summed E-state index contributed by atoms with van der Waals surface area (Å²) in [6.45, 7) is 4.57. The van der Waals surface area contributed by atoms with E-state index >= 15 is 0 Å². The van der Waals surface area contributed by atoms with Crippen LogP contribution in [0.15, 0.2) is 11.6 Å². The summed E-state index contributed by atoms with van der Waals surface area (Å²) in [7, 11) is 3.85. The fourth-order valence-electron chi connectivity index (χ4n) is 0.608. The molecule has 0 saturated carbocycles. The van der Waals surface area contributed by atoms with Gasteiger partial charge in [-0.05, 0) is 14.1 Å².